The van der Waals surface area contributed by atoms with E-state index in [-0.39, 0.29) is 6.42 Å². The lowest BCUT2D eigenvalue weighted by Gasteiger charge is -2.33. The summed E-state index contributed by atoms with van der Waals surface area (Å²) in [5.41, 5.74) is 0.541. The summed E-state index contributed by atoms with van der Waals surface area (Å²) in [4.78, 5) is 5.97. The molecule has 1 saturated heterocycles. The Hall–Kier alpha value is -1.70. The van der Waals surface area contributed by atoms with Crippen LogP contribution in [0.5, 0.6) is 0 Å². The van der Waals surface area contributed by atoms with Crippen LogP contribution in [0.25, 0.3) is 0 Å². The number of rotatable bonds is 1. The van der Waals surface area contributed by atoms with Crippen molar-refractivity contribution in [1.82, 2.24) is 4.98 Å². The molecule has 2 aliphatic rings. The van der Waals surface area contributed by atoms with Gasteiger partial charge in [-0.1, -0.05) is 0 Å². The molecule has 3 nitrogen and oxygen atoms in total. The first-order valence-corrected chi connectivity index (χ1v) is 6.05. The van der Waals surface area contributed by atoms with E-state index in [9.17, 15) is 8.78 Å². The maximum atomic E-state index is 13.2. The van der Waals surface area contributed by atoms with Gasteiger partial charge in [0.05, 0.1) is 0 Å². The topological polar surface area (TPSA) is 39.9 Å². The lowest BCUT2D eigenvalue weighted by atomic mass is 9.92. The van der Waals surface area contributed by atoms with Gasteiger partial charge in [0.2, 0.25) is 0 Å². The fraction of sp³-hybridized carbons (Fsp3) is 0.538. The van der Waals surface area contributed by atoms with E-state index in [1.807, 2.05) is 12.1 Å². The average molecular weight is 249 g/mol. The smallest absolute Gasteiger partial charge is 0.254 e. The van der Waals surface area contributed by atoms with Crippen LogP contribution in [0.1, 0.15) is 25.0 Å². The van der Waals surface area contributed by atoms with Gasteiger partial charge in [-0.15, -0.1) is 0 Å². The largest absolute Gasteiger partial charge is 0.371 e. The second-order valence-electron chi connectivity index (χ2n) is 5.16. The van der Waals surface area contributed by atoms with Gasteiger partial charge in [-0.25, -0.2) is 13.8 Å². The van der Waals surface area contributed by atoms with E-state index >= 15 is 0 Å². The van der Waals surface area contributed by atoms with Crippen LogP contribution < -0.4 is 4.90 Å². The Kier molecular flexibility index (Phi) is 2.31. The molecule has 5 heteroatoms. The van der Waals surface area contributed by atoms with E-state index in [1.165, 1.54) is 0 Å². The van der Waals surface area contributed by atoms with E-state index in [2.05, 4.69) is 9.88 Å². The monoisotopic (exact) mass is 249 g/mol. The van der Waals surface area contributed by atoms with E-state index in [4.69, 9.17) is 5.26 Å². The minimum Gasteiger partial charge on any atom is -0.371 e. The molecule has 0 bridgehead atoms. The van der Waals surface area contributed by atoms with Gasteiger partial charge in [-0.3, -0.25) is 0 Å². The first kappa shape index (κ1) is 11.4. The number of alkyl halides is 2. The SMILES string of the molecule is N#Cc1cc(N2CCC3(CC2)CC3(F)F)ccn1. The van der Waals surface area contributed by atoms with Crippen molar-refractivity contribution in [3.63, 3.8) is 0 Å². The quantitative estimate of drug-likeness (QED) is 0.768. The Labute approximate surface area is 104 Å². The number of aromatic nitrogens is 1. The molecule has 1 aromatic rings. The third-order valence-electron chi connectivity index (χ3n) is 4.16. The van der Waals surface area contributed by atoms with Crippen molar-refractivity contribution < 1.29 is 8.78 Å². The van der Waals surface area contributed by atoms with E-state index in [1.54, 1.807) is 12.3 Å². The first-order chi connectivity index (χ1) is 8.56. The maximum absolute atomic E-state index is 13.2. The number of pyridine rings is 1. The Bertz CT molecular complexity index is 513. The molecule has 0 aromatic carbocycles. The average Bonchev–Trinajstić information content (AvgIpc) is 2.91. The summed E-state index contributed by atoms with van der Waals surface area (Å²) in [7, 11) is 0. The highest BCUT2D eigenvalue weighted by Gasteiger charge is 2.70. The third kappa shape index (κ3) is 1.64. The van der Waals surface area contributed by atoms with Gasteiger partial charge in [0.1, 0.15) is 11.8 Å². The van der Waals surface area contributed by atoms with Crippen molar-refractivity contribution in [2.45, 2.75) is 25.2 Å². The molecule has 0 atom stereocenters. The zero-order valence-electron chi connectivity index (χ0n) is 9.87. The summed E-state index contributed by atoms with van der Waals surface area (Å²) in [6.45, 7) is 1.26. The van der Waals surface area contributed by atoms with Gasteiger partial charge in [0.25, 0.3) is 5.92 Å². The normalized spacial score (nSPS) is 23.7. The molecule has 1 aliphatic carbocycles. The lowest BCUT2D eigenvalue weighted by Crippen LogP contribution is -2.36. The van der Waals surface area contributed by atoms with Crippen LogP contribution in [0.15, 0.2) is 18.3 Å². The van der Waals surface area contributed by atoms with Crippen molar-refractivity contribution in [2.75, 3.05) is 18.0 Å². The number of halogens is 2. The Morgan fingerprint density at radius 1 is 1.33 bits per heavy atom. The van der Waals surface area contributed by atoms with Crippen LogP contribution in [-0.4, -0.2) is 24.0 Å². The predicted molar refractivity (Wildman–Crippen MR) is 62.4 cm³/mol. The van der Waals surface area contributed by atoms with Crippen molar-refractivity contribution in [1.29, 1.82) is 5.26 Å². The zero-order chi connectivity index (χ0) is 12.8. The van der Waals surface area contributed by atoms with Crippen LogP contribution in [0.4, 0.5) is 14.5 Å². The maximum Gasteiger partial charge on any atom is 0.254 e. The standard InChI is InChI=1S/C13H13F2N3/c14-13(15)9-12(13)2-5-18(6-3-12)11-1-4-17-10(7-11)8-16/h1,4,7H,2-3,5-6,9H2. The Morgan fingerprint density at radius 2 is 2.00 bits per heavy atom. The molecule has 18 heavy (non-hydrogen) atoms. The number of hydrogen-bond donors (Lipinski definition) is 0. The van der Waals surface area contributed by atoms with Crippen molar-refractivity contribution in [3.8, 4) is 6.07 Å². The van der Waals surface area contributed by atoms with Crippen LogP contribution >= 0.6 is 0 Å². The molecule has 0 unspecified atom stereocenters. The molecule has 94 valence electrons. The lowest BCUT2D eigenvalue weighted by molar-refractivity contribution is 0.0537. The summed E-state index contributed by atoms with van der Waals surface area (Å²) < 4.78 is 26.5. The summed E-state index contributed by atoms with van der Waals surface area (Å²) in [5, 5.41) is 8.79. The Morgan fingerprint density at radius 3 is 2.56 bits per heavy atom. The third-order valence-corrected chi connectivity index (χ3v) is 4.16. The van der Waals surface area contributed by atoms with Gasteiger partial charge in [-0.05, 0) is 25.0 Å². The summed E-state index contributed by atoms with van der Waals surface area (Å²) in [6.07, 6.45) is 2.70. The second kappa shape index (κ2) is 3.64. The molecule has 0 amide bonds. The fourth-order valence-corrected chi connectivity index (χ4v) is 2.79. The number of hydrogen-bond acceptors (Lipinski definition) is 3. The summed E-state index contributed by atoms with van der Waals surface area (Å²) >= 11 is 0. The van der Waals surface area contributed by atoms with Crippen LogP contribution in [0.3, 0.4) is 0 Å². The van der Waals surface area contributed by atoms with Crippen LogP contribution in [0.2, 0.25) is 0 Å². The molecule has 1 aromatic heterocycles. The molecule has 3 rings (SSSR count). The van der Waals surface area contributed by atoms with Crippen molar-refractivity contribution in [2.24, 2.45) is 5.41 Å². The summed E-state index contributed by atoms with van der Waals surface area (Å²) in [6, 6.07) is 5.52. The number of nitrogens with zero attached hydrogens (tertiary/aromatic N) is 3. The fourth-order valence-electron chi connectivity index (χ4n) is 2.79. The second-order valence-corrected chi connectivity index (χ2v) is 5.16. The highest BCUT2D eigenvalue weighted by atomic mass is 19.3. The molecule has 2 heterocycles. The van der Waals surface area contributed by atoms with Crippen molar-refractivity contribution >= 4 is 5.69 Å². The Balaban J connectivity index is 1.72. The van der Waals surface area contributed by atoms with Crippen molar-refractivity contribution in [3.05, 3.63) is 24.0 Å². The van der Waals surface area contributed by atoms with E-state index < -0.39 is 11.3 Å². The minimum absolute atomic E-state index is 0.0492. The molecular weight excluding hydrogens is 236 g/mol. The number of nitriles is 1. The van der Waals surface area contributed by atoms with Gasteiger partial charge >= 0.3 is 0 Å². The molecule has 0 radical (unpaired) electrons. The highest BCUT2D eigenvalue weighted by Crippen LogP contribution is 2.65. The summed E-state index contributed by atoms with van der Waals surface area (Å²) in [5.74, 6) is -2.45. The van der Waals surface area contributed by atoms with E-state index in [0.29, 0.717) is 31.6 Å². The molecular formula is C13H13F2N3. The first-order valence-electron chi connectivity index (χ1n) is 6.05. The molecule has 0 N–H and O–H groups in total. The molecule has 2 fully saturated rings. The molecule has 1 aliphatic heterocycles. The molecule has 1 saturated carbocycles. The van der Waals surface area contributed by atoms with Gasteiger partial charge < -0.3 is 4.90 Å². The predicted octanol–water partition coefficient (Wildman–Crippen LogP) is 2.58. The number of piperidine rings is 1. The van der Waals surface area contributed by atoms with Crippen LogP contribution in [0, 0.1) is 16.7 Å². The highest BCUT2D eigenvalue weighted by molar-refractivity contribution is 5.49. The minimum atomic E-state index is -2.45. The van der Waals surface area contributed by atoms with Gasteiger partial charge in [-0.2, -0.15) is 5.26 Å². The van der Waals surface area contributed by atoms with Crippen LogP contribution in [-0.2, 0) is 0 Å². The zero-order valence-corrected chi connectivity index (χ0v) is 9.87. The van der Waals surface area contributed by atoms with Gasteiger partial charge in [0, 0.05) is 36.8 Å². The molecule has 1 spiro atoms. The van der Waals surface area contributed by atoms with Gasteiger partial charge in [0.15, 0.2) is 0 Å². The van der Waals surface area contributed by atoms with E-state index in [0.717, 1.165) is 5.69 Å². The number of anilines is 1.